The molecule has 0 saturated carbocycles. The fraction of sp³-hybridized carbons (Fsp3) is 0.222. The molecule has 1 heterocycles. The number of aryl methyl sites for hydroxylation is 1. The third-order valence-corrected chi connectivity index (χ3v) is 6.69. The normalized spacial score (nSPS) is 12.9. The Labute approximate surface area is 197 Å². The predicted molar refractivity (Wildman–Crippen MR) is 135 cm³/mol. The first kappa shape index (κ1) is 22.8. The zero-order valence-corrected chi connectivity index (χ0v) is 19.8. The van der Waals surface area contributed by atoms with Crippen molar-refractivity contribution in [3.8, 4) is 0 Å². The van der Waals surface area contributed by atoms with Crippen LogP contribution in [0.5, 0.6) is 0 Å². The second kappa shape index (κ2) is 10.0. The summed E-state index contributed by atoms with van der Waals surface area (Å²) >= 11 is 1.31. The second-order valence-corrected chi connectivity index (χ2v) is 9.50. The molecular weight excluding hydrogens is 430 g/mol. The first-order valence-electron chi connectivity index (χ1n) is 11.0. The molecule has 0 aliphatic rings. The minimum Gasteiger partial charge on any atom is -0.349 e. The van der Waals surface area contributed by atoms with Crippen LogP contribution in [-0.2, 0) is 11.3 Å². The summed E-state index contributed by atoms with van der Waals surface area (Å²) in [6.45, 7) is 6.24. The van der Waals surface area contributed by atoms with Crippen molar-refractivity contribution in [2.45, 2.75) is 43.8 Å². The van der Waals surface area contributed by atoms with Crippen LogP contribution < -0.4 is 10.9 Å². The summed E-state index contributed by atoms with van der Waals surface area (Å²) in [4.78, 5) is 31.0. The standard InChI is InChI=1S/C27H27N3O2S/c1-18-13-15-21(16-14-18)17-30-26(32)23-11-7-8-12-24(23)29-27(30)33-20(3)25(31)28-19(2)22-9-5-4-6-10-22/h4-16,19-20H,17H2,1-3H3,(H,28,31). The first-order chi connectivity index (χ1) is 15.9. The van der Waals surface area contributed by atoms with Gasteiger partial charge in [0.25, 0.3) is 5.56 Å². The SMILES string of the molecule is Cc1ccc(Cn2c(SC(C)C(=O)NC(C)c3ccccc3)nc3ccccc3c2=O)cc1. The highest BCUT2D eigenvalue weighted by Crippen LogP contribution is 2.24. The van der Waals surface area contributed by atoms with Gasteiger partial charge in [-0.3, -0.25) is 14.2 Å². The van der Waals surface area contributed by atoms with E-state index in [0.717, 1.165) is 16.7 Å². The van der Waals surface area contributed by atoms with Gasteiger partial charge in [-0.2, -0.15) is 0 Å². The van der Waals surface area contributed by atoms with E-state index in [1.165, 1.54) is 11.8 Å². The van der Waals surface area contributed by atoms with Crippen LogP contribution in [0.15, 0.2) is 88.8 Å². The van der Waals surface area contributed by atoms with Crippen molar-refractivity contribution in [3.05, 3.63) is 106 Å². The van der Waals surface area contributed by atoms with Crippen LogP contribution in [0, 0.1) is 6.92 Å². The average molecular weight is 458 g/mol. The van der Waals surface area contributed by atoms with Gasteiger partial charge < -0.3 is 5.32 Å². The van der Waals surface area contributed by atoms with Gasteiger partial charge in [0.1, 0.15) is 0 Å². The Kier molecular flexibility index (Phi) is 6.94. The van der Waals surface area contributed by atoms with Gasteiger partial charge in [-0.05, 0) is 44.0 Å². The van der Waals surface area contributed by atoms with E-state index in [1.807, 2.05) is 93.6 Å². The maximum absolute atomic E-state index is 13.3. The quantitative estimate of drug-likeness (QED) is 0.309. The highest BCUT2D eigenvalue weighted by molar-refractivity contribution is 8.00. The number of rotatable bonds is 7. The van der Waals surface area contributed by atoms with Crippen LogP contribution in [0.4, 0.5) is 0 Å². The molecule has 0 bridgehead atoms. The summed E-state index contributed by atoms with van der Waals surface area (Å²) in [7, 11) is 0. The molecule has 0 spiro atoms. The fourth-order valence-electron chi connectivity index (χ4n) is 3.62. The number of nitrogens with zero attached hydrogens (tertiary/aromatic N) is 2. The molecule has 0 saturated heterocycles. The lowest BCUT2D eigenvalue weighted by atomic mass is 10.1. The molecule has 1 amide bonds. The molecule has 0 aliphatic carbocycles. The maximum Gasteiger partial charge on any atom is 0.262 e. The lowest BCUT2D eigenvalue weighted by Crippen LogP contribution is -2.34. The number of hydrogen-bond acceptors (Lipinski definition) is 4. The Morgan fingerprint density at radius 1 is 0.970 bits per heavy atom. The number of fused-ring (bicyclic) bond motifs is 1. The summed E-state index contributed by atoms with van der Waals surface area (Å²) in [5.41, 5.74) is 3.75. The zero-order chi connectivity index (χ0) is 23.4. The van der Waals surface area contributed by atoms with Gasteiger partial charge in [0.2, 0.25) is 5.91 Å². The molecule has 2 atom stereocenters. The minimum absolute atomic E-state index is 0.0966. The first-order valence-corrected chi connectivity index (χ1v) is 11.9. The van der Waals surface area contributed by atoms with Gasteiger partial charge >= 0.3 is 0 Å². The Balaban J connectivity index is 1.62. The fourth-order valence-corrected chi connectivity index (χ4v) is 4.54. The van der Waals surface area contributed by atoms with Crippen LogP contribution in [-0.4, -0.2) is 20.7 Å². The molecule has 4 rings (SSSR count). The van der Waals surface area contributed by atoms with E-state index < -0.39 is 5.25 Å². The molecule has 1 aromatic heterocycles. The summed E-state index contributed by atoms with van der Waals surface area (Å²) in [6, 6.07) is 25.2. The van der Waals surface area contributed by atoms with Crippen LogP contribution in [0.2, 0.25) is 0 Å². The Hall–Kier alpha value is -3.38. The highest BCUT2D eigenvalue weighted by Gasteiger charge is 2.21. The molecular formula is C27H27N3O2S. The van der Waals surface area contributed by atoms with Crippen molar-refractivity contribution in [3.63, 3.8) is 0 Å². The average Bonchev–Trinajstić information content (AvgIpc) is 2.83. The van der Waals surface area contributed by atoms with E-state index in [4.69, 9.17) is 4.98 Å². The Morgan fingerprint density at radius 3 is 2.36 bits per heavy atom. The largest absolute Gasteiger partial charge is 0.349 e. The van der Waals surface area contributed by atoms with Gasteiger partial charge in [0, 0.05) is 0 Å². The van der Waals surface area contributed by atoms with Crippen LogP contribution >= 0.6 is 11.8 Å². The second-order valence-electron chi connectivity index (χ2n) is 8.19. The zero-order valence-electron chi connectivity index (χ0n) is 19.0. The number of para-hydroxylation sites is 1. The number of thioether (sulfide) groups is 1. The van der Waals surface area contributed by atoms with E-state index >= 15 is 0 Å². The number of hydrogen-bond donors (Lipinski definition) is 1. The number of aromatic nitrogens is 2. The number of carbonyl (C=O) groups excluding carboxylic acids is 1. The van der Waals surface area contributed by atoms with Gasteiger partial charge in [-0.25, -0.2) is 4.98 Å². The van der Waals surface area contributed by atoms with E-state index in [2.05, 4.69) is 5.32 Å². The summed E-state index contributed by atoms with van der Waals surface area (Å²) in [5.74, 6) is -0.0966. The molecule has 2 unspecified atom stereocenters. The molecule has 168 valence electrons. The van der Waals surface area contributed by atoms with Gasteiger partial charge in [0.15, 0.2) is 5.16 Å². The summed E-state index contributed by atoms with van der Waals surface area (Å²) < 4.78 is 1.67. The maximum atomic E-state index is 13.3. The molecule has 6 heteroatoms. The van der Waals surface area contributed by atoms with Crippen molar-refractivity contribution < 1.29 is 4.79 Å². The van der Waals surface area contributed by atoms with Crippen LogP contribution in [0.3, 0.4) is 0 Å². The highest BCUT2D eigenvalue weighted by atomic mass is 32.2. The van der Waals surface area contributed by atoms with E-state index in [9.17, 15) is 9.59 Å². The molecule has 4 aromatic rings. The van der Waals surface area contributed by atoms with E-state index in [0.29, 0.717) is 22.6 Å². The third-order valence-electron chi connectivity index (χ3n) is 5.60. The molecule has 5 nitrogen and oxygen atoms in total. The van der Waals surface area contributed by atoms with E-state index in [-0.39, 0.29) is 17.5 Å². The van der Waals surface area contributed by atoms with Gasteiger partial charge in [-0.1, -0.05) is 84.1 Å². The number of amides is 1. The lowest BCUT2D eigenvalue weighted by molar-refractivity contribution is -0.120. The third kappa shape index (κ3) is 5.34. The lowest BCUT2D eigenvalue weighted by Gasteiger charge is -2.19. The van der Waals surface area contributed by atoms with Crippen molar-refractivity contribution in [1.29, 1.82) is 0 Å². The summed E-state index contributed by atoms with van der Waals surface area (Å²) in [6.07, 6.45) is 0. The number of carbonyl (C=O) groups is 1. The van der Waals surface area contributed by atoms with Crippen molar-refractivity contribution >= 4 is 28.6 Å². The monoisotopic (exact) mass is 457 g/mol. The van der Waals surface area contributed by atoms with Crippen molar-refractivity contribution in [2.24, 2.45) is 0 Å². The van der Waals surface area contributed by atoms with Crippen LogP contribution in [0.25, 0.3) is 10.9 Å². The molecule has 1 N–H and O–H groups in total. The van der Waals surface area contributed by atoms with Crippen molar-refractivity contribution in [2.75, 3.05) is 0 Å². The summed E-state index contributed by atoms with van der Waals surface area (Å²) in [5, 5.41) is 3.76. The Morgan fingerprint density at radius 2 is 1.64 bits per heavy atom. The number of nitrogens with one attached hydrogen (secondary N) is 1. The topological polar surface area (TPSA) is 64.0 Å². The van der Waals surface area contributed by atoms with E-state index in [1.54, 1.807) is 10.6 Å². The number of benzene rings is 3. The molecule has 0 fully saturated rings. The Bertz CT molecular complexity index is 1320. The predicted octanol–water partition coefficient (Wildman–Crippen LogP) is 5.11. The smallest absolute Gasteiger partial charge is 0.262 e. The minimum atomic E-state index is -0.423. The van der Waals surface area contributed by atoms with Crippen molar-refractivity contribution in [1.82, 2.24) is 14.9 Å². The molecule has 3 aromatic carbocycles. The molecule has 0 radical (unpaired) electrons. The molecule has 0 aliphatic heterocycles. The van der Waals surface area contributed by atoms with Gasteiger partial charge in [-0.15, -0.1) is 0 Å². The van der Waals surface area contributed by atoms with Crippen LogP contribution in [0.1, 0.15) is 36.6 Å². The van der Waals surface area contributed by atoms with Gasteiger partial charge in [0.05, 0.1) is 28.7 Å². The molecule has 33 heavy (non-hydrogen) atoms.